The molecule has 0 fully saturated rings. The van der Waals surface area contributed by atoms with Crippen molar-refractivity contribution in [1.29, 1.82) is 0 Å². The van der Waals surface area contributed by atoms with Gasteiger partial charge in [0.25, 0.3) is 0 Å². The predicted octanol–water partition coefficient (Wildman–Crippen LogP) is 13.4. The highest BCUT2D eigenvalue weighted by Crippen LogP contribution is 2.43. The molecule has 8 aromatic carbocycles. The summed E-state index contributed by atoms with van der Waals surface area (Å²) < 4.78 is 15.6. The van der Waals surface area contributed by atoms with E-state index in [2.05, 4.69) is 114 Å². The Morgan fingerprint density at radius 1 is 0.368 bits per heavy atom. The van der Waals surface area contributed by atoms with Crippen LogP contribution in [0.25, 0.3) is 117 Å². The minimum atomic E-state index is 0.562. The second-order valence-corrected chi connectivity index (χ2v) is 14.4. The SMILES string of the molecule is c1ccc(-c2cccc(-n3c4ccccc4c4ccc5c(oc6cccc(-c7nc(-c8ccccc8)nc(-c8ccc9c(c8)oc8ccccc89)n7)c65)c43)c2)cc1. The molecule has 57 heavy (non-hydrogen) atoms. The molecule has 0 saturated carbocycles. The van der Waals surface area contributed by atoms with Crippen molar-refractivity contribution in [2.75, 3.05) is 0 Å². The zero-order valence-electron chi connectivity index (χ0n) is 30.4. The molecule has 0 saturated heterocycles. The van der Waals surface area contributed by atoms with Crippen LogP contribution in [0.15, 0.2) is 191 Å². The van der Waals surface area contributed by atoms with Gasteiger partial charge in [0.15, 0.2) is 23.1 Å². The Bertz CT molecular complexity index is 3530. The number of fused-ring (bicyclic) bond motifs is 10. The molecular weight excluding hydrogens is 701 g/mol. The van der Waals surface area contributed by atoms with Gasteiger partial charge in [0.05, 0.1) is 11.0 Å². The Labute approximate surface area is 325 Å². The monoisotopic (exact) mass is 730 g/mol. The van der Waals surface area contributed by atoms with Crippen molar-refractivity contribution in [3.05, 3.63) is 182 Å². The number of nitrogens with zero attached hydrogens (tertiary/aromatic N) is 4. The molecular formula is C51H30N4O2. The number of para-hydroxylation sites is 2. The normalized spacial score (nSPS) is 11.9. The van der Waals surface area contributed by atoms with Crippen molar-refractivity contribution in [3.63, 3.8) is 0 Å². The van der Waals surface area contributed by atoms with Gasteiger partial charge in [-0.05, 0) is 59.7 Å². The second kappa shape index (κ2) is 12.3. The van der Waals surface area contributed by atoms with Crippen LogP contribution in [0.4, 0.5) is 0 Å². The van der Waals surface area contributed by atoms with E-state index in [0.717, 1.165) is 93.6 Å². The van der Waals surface area contributed by atoms with E-state index in [1.807, 2.05) is 72.8 Å². The number of rotatable bonds is 5. The van der Waals surface area contributed by atoms with E-state index >= 15 is 0 Å². The first kappa shape index (κ1) is 31.5. The molecule has 6 nitrogen and oxygen atoms in total. The molecule has 12 rings (SSSR count). The first-order valence-corrected chi connectivity index (χ1v) is 19.0. The van der Waals surface area contributed by atoms with E-state index in [1.165, 1.54) is 5.56 Å². The van der Waals surface area contributed by atoms with Gasteiger partial charge in [0.2, 0.25) is 0 Å². The average Bonchev–Trinajstić information content (AvgIpc) is 3.96. The van der Waals surface area contributed by atoms with Gasteiger partial charge < -0.3 is 13.4 Å². The fourth-order valence-electron chi connectivity index (χ4n) is 8.45. The van der Waals surface area contributed by atoms with Gasteiger partial charge in [-0.15, -0.1) is 0 Å². The van der Waals surface area contributed by atoms with Gasteiger partial charge in [-0.25, -0.2) is 15.0 Å². The van der Waals surface area contributed by atoms with E-state index in [1.54, 1.807) is 0 Å². The maximum absolute atomic E-state index is 6.94. The number of hydrogen-bond acceptors (Lipinski definition) is 5. The standard InChI is InChI=1S/C51H30N4O2/c1-3-13-31(14-4-1)33-17-11-18-35(29-33)55-42-22-9-7-19-36(42)39-27-28-40-46-41(21-12-24-44(46)57-48(40)47(39)55)51-53-49(32-15-5-2-6-16-32)52-50(54-51)34-25-26-38-37-20-8-10-23-43(37)56-45(38)30-34/h1-30H. The molecule has 266 valence electrons. The summed E-state index contributed by atoms with van der Waals surface area (Å²) in [5.41, 5.74) is 11.3. The van der Waals surface area contributed by atoms with Crippen molar-refractivity contribution in [1.82, 2.24) is 19.5 Å². The molecule has 0 aliphatic carbocycles. The van der Waals surface area contributed by atoms with Gasteiger partial charge in [0.1, 0.15) is 16.7 Å². The van der Waals surface area contributed by atoms with Crippen molar-refractivity contribution < 1.29 is 8.83 Å². The Kier molecular flexibility index (Phi) is 6.83. The van der Waals surface area contributed by atoms with Crippen molar-refractivity contribution >= 4 is 65.7 Å². The largest absolute Gasteiger partial charge is 0.456 e. The molecule has 0 amide bonds. The van der Waals surface area contributed by atoms with E-state index in [0.29, 0.717) is 17.5 Å². The highest BCUT2D eigenvalue weighted by atomic mass is 16.3. The maximum Gasteiger partial charge on any atom is 0.164 e. The zero-order chi connectivity index (χ0) is 37.5. The minimum Gasteiger partial charge on any atom is -0.456 e. The molecule has 12 aromatic rings. The van der Waals surface area contributed by atoms with Gasteiger partial charge in [-0.3, -0.25) is 0 Å². The molecule has 0 radical (unpaired) electrons. The van der Waals surface area contributed by atoms with E-state index in [-0.39, 0.29) is 0 Å². The first-order valence-electron chi connectivity index (χ1n) is 19.0. The second-order valence-electron chi connectivity index (χ2n) is 14.4. The fraction of sp³-hybridized carbons (Fsp3) is 0. The molecule has 6 heteroatoms. The first-order chi connectivity index (χ1) is 28.2. The number of furan rings is 2. The van der Waals surface area contributed by atoms with Crippen LogP contribution in [0, 0.1) is 0 Å². The maximum atomic E-state index is 6.94. The van der Waals surface area contributed by atoms with Crippen LogP contribution in [-0.4, -0.2) is 19.5 Å². The van der Waals surface area contributed by atoms with Crippen LogP contribution >= 0.6 is 0 Å². The van der Waals surface area contributed by atoms with E-state index in [9.17, 15) is 0 Å². The lowest BCUT2D eigenvalue weighted by molar-refractivity contribution is 0.669. The number of aromatic nitrogens is 4. The molecule has 0 aliphatic rings. The Balaban J connectivity index is 1.10. The quantitative estimate of drug-likeness (QED) is 0.176. The van der Waals surface area contributed by atoms with Gasteiger partial charge in [0, 0.05) is 54.7 Å². The van der Waals surface area contributed by atoms with Crippen molar-refractivity contribution in [2.24, 2.45) is 0 Å². The van der Waals surface area contributed by atoms with Crippen LogP contribution < -0.4 is 0 Å². The lowest BCUT2D eigenvalue weighted by Gasteiger charge is -2.10. The molecule has 0 aliphatic heterocycles. The highest BCUT2D eigenvalue weighted by molar-refractivity contribution is 6.23. The summed E-state index contributed by atoms with van der Waals surface area (Å²) in [6.07, 6.45) is 0. The smallest absolute Gasteiger partial charge is 0.164 e. The molecule has 0 unspecified atom stereocenters. The predicted molar refractivity (Wildman–Crippen MR) is 230 cm³/mol. The van der Waals surface area contributed by atoms with Crippen LogP contribution in [-0.2, 0) is 0 Å². The summed E-state index contributed by atoms with van der Waals surface area (Å²) >= 11 is 0. The average molecular weight is 731 g/mol. The van der Waals surface area contributed by atoms with E-state index in [4.69, 9.17) is 23.8 Å². The summed E-state index contributed by atoms with van der Waals surface area (Å²) in [6.45, 7) is 0. The van der Waals surface area contributed by atoms with Gasteiger partial charge in [-0.1, -0.05) is 133 Å². The molecule has 0 N–H and O–H groups in total. The summed E-state index contributed by atoms with van der Waals surface area (Å²) in [6, 6.07) is 62.7. The van der Waals surface area contributed by atoms with Crippen molar-refractivity contribution in [2.45, 2.75) is 0 Å². The number of hydrogen-bond donors (Lipinski definition) is 0. The van der Waals surface area contributed by atoms with Crippen LogP contribution in [0.1, 0.15) is 0 Å². The van der Waals surface area contributed by atoms with Crippen LogP contribution in [0.5, 0.6) is 0 Å². The summed E-state index contributed by atoms with van der Waals surface area (Å²) in [5, 5.41) is 6.36. The fourth-order valence-corrected chi connectivity index (χ4v) is 8.45. The zero-order valence-corrected chi connectivity index (χ0v) is 30.4. The molecule has 4 heterocycles. The minimum absolute atomic E-state index is 0.562. The topological polar surface area (TPSA) is 69.9 Å². The molecule has 4 aromatic heterocycles. The third-order valence-electron chi connectivity index (χ3n) is 11.1. The lowest BCUT2D eigenvalue weighted by atomic mass is 10.0. The Morgan fingerprint density at radius 2 is 1.00 bits per heavy atom. The molecule has 0 bridgehead atoms. The summed E-state index contributed by atoms with van der Waals surface area (Å²) in [4.78, 5) is 15.4. The van der Waals surface area contributed by atoms with Crippen molar-refractivity contribution in [3.8, 4) is 51.0 Å². The lowest BCUT2D eigenvalue weighted by Crippen LogP contribution is -2.00. The molecule has 0 spiro atoms. The summed E-state index contributed by atoms with van der Waals surface area (Å²) in [7, 11) is 0. The van der Waals surface area contributed by atoms with Gasteiger partial charge >= 0.3 is 0 Å². The number of benzene rings is 8. The Morgan fingerprint density at radius 3 is 1.86 bits per heavy atom. The van der Waals surface area contributed by atoms with Gasteiger partial charge in [-0.2, -0.15) is 0 Å². The molecule has 0 atom stereocenters. The van der Waals surface area contributed by atoms with Crippen LogP contribution in [0.3, 0.4) is 0 Å². The Hall–Kier alpha value is -7.83. The highest BCUT2D eigenvalue weighted by Gasteiger charge is 2.23. The summed E-state index contributed by atoms with van der Waals surface area (Å²) in [5.74, 6) is 1.71. The third kappa shape index (κ3) is 4.94. The van der Waals surface area contributed by atoms with E-state index < -0.39 is 0 Å². The third-order valence-corrected chi connectivity index (χ3v) is 11.1. The van der Waals surface area contributed by atoms with Crippen LogP contribution in [0.2, 0.25) is 0 Å².